The molecule has 8 heteroatoms. The van der Waals surface area contributed by atoms with Crippen molar-refractivity contribution in [1.82, 2.24) is 0 Å². The molecule has 0 saturated carbocycles. The van der Waals surface area contributed by atoms with Crippen LogP contribution in [0.25, 0.3) is 0 Å². The van der Waals surface area contributed by atoms with Crippen molar-refractivity contribution in [1.29, 1.82) is 0 Å². The zero-order valence-electron chi connectivity index (χ0n) is 25.5. The molecule has 0 aromatic heterocycles. The lowest BCUT2D eigenvalue weighted by Gasteiger charge is -2.33. The molecule has 0 heterocycles. The summed E-state index contributed by atoms with van der Waals surface area (Å²) < 4.78 is 25.1. The Kier molecular flexibility index (Phi) is 17.6. The van der Waals surface area contributed by atoms with E-state index >= 15 is 0 Å². The summed E-state index contributed by atoms with van der Waals surface area (Å²) in [5.74, 6) is 0. The average molecular weight is 585 g/mol. The summed E-state index contributed by atoms with van der Waals surface area (Å²) in [7, 11) is -10.3. The predicted octanol–water partition coefficient (Wildman–Crippen LogP) is 9.66. The first-order chi connectivity index (χ1) is 17.9. The van der Waals surface area contributed by atoms with E-state index < -0.39 is 20.1 Å². The molecule has 0 aliphatic rings. The van der Waals surface area contributed by atoms with Crippen LogP contribution in [0.3, 0.4) is 0 Å². The zero-order valence-corrected chi connectivity index (χ0v) is 27.3. The van der Waals surface area contributed by atoms with E-state index in [9.17, 15) is 28.7 Å². The largest absolute Gasteiger partial charge is 0.344 e. The van der Waals surface area contributed by atoms with Crippen molar-refractivity contribution in [3.05, 3.63) is 69.9 Å². The van der Waals surface area contributed by atoms with Crippen molar-refractivity contribution < 1.29 is 28.7 Å². The van der Waals surface area contributed by atoms with Gasteiger partial charge in [-0.15, -0.1) is 0 Å². The molecule has 6 nitrogen and oxygen atoms in total. The van der Waals surface area contributed by atoms with Crippen LogP contribution in [-0.4, -0.2) is 24.5 Å². The van der Waals surface area contributed by atoms with E-state index in [1.165, 1.54) is 22.3 Å². The van der Waals surface area contributed by atoms with Gasteiger partial charge in [-0.25, -0.2) is 0 Å². The molecule has 0 aromatic rings. The third-order valence-electron chi connectivity index (χ3n) is 6.88. The van der Waals surface area contributed by atoms with Crippen LogP contribution >= 0.6 is 15.2 Å². The monoisotopic (exact) mass is 584 g/mol. The van der Waals surface area contributed by atoms with Crippen molar-refractivity contribution >= 4 is 15.2 Å². The summed E-state index contributed by atoms with van der Waals surface area (Å²) in [5.41, 5.74) is 6.84. The highest BCUT2D eigenvalue weighted by Crippen LogP contribution is 2.72. The highest BCUT2D eigenvalue weighted by atomic mass is 31.2. The molecule has 0 aliphatic heterocycles. The van der Waals surface area contributed by atoms with Crippen LogP contribution in [0.2, 0.25) is 0 Å². The Morgan fingerprint density at radius 2 is 0.744 bits per heavy atom. The third-order valence-corrected chi connectivity index (χ3v) is 11.3. The minimum Gasteiger partial charge on any atom is -0.324 e. The minimum atomic E-state index is -5.15. The molecule has 0 aliphatic carbocycles. The molecule has 224 valence electrons. The van der Waals surface area contributed by atoms with E-state index in [1.54, 1.807) is 12.2 Å². The predicted molar refractivity (Wildman–Crippen MR) is 167 cm³/mol. The lowest BCUT2D eigenvalue weighted by Crippen LogP contribution is -2.28. The van der Waals surface area contributed by atoms with E-state index in [0.29, 0.717) is 12.8 Å². The van der Waals surface area contributed by atoms with Crippen LogP contribution in [0.15, 0.2) is 69.9 Å². The van der Waals surface area contributed by atoms with Gasteiger partial charge in [-0.05, 0) is 120 Å². The fraction of sp³-hybridized carbons (Fsp3) is 0.613. The Morgan fingerprint density at radius 1 is 0.487 bits per heavy atom. The lowest BCUT2D eigenvalue weighted by atomic mass is 10.0. The maximum absolute atomic E-state index is 12.5. The number of rotatable bonds is 18. The topological polar surface area (TPSA) is 115 Å². The van der Waals surface area contributed by atoms with Crippen molar-refractivity contribution in [2.45, 2.75) is 124 Å². The zero-order chi connectivity index (χ0) is 30.3. The molecular weight excluding hydrogens is 530 g/mol. The van der Waals surface area contributed by atoms with E-state index in [2.05, 4.69) is 65.8 Å². The molecule has 0 spiro atoms. The van der Waals surface area contributed by atoms with Crippen LogP contribution in [0.4, 0.5) is 0 Å². The average Bonchev–Trinajstić information content (AvgIpc) is 2.76. The lowest BCUT2D eigenvalue weighted by molar-refractivity contribution is 0.307. The maximum atomic E-state index is 12.5. The van der Waals surface area contributed by atoms with Crippen LogP contribution in [0.1, 0.15) is 120 Å². The SMILES string of the molecule is CC(C)=CCC/C(C)=C/CC/C(C)=C/CC(C/C=C(\C)CC/C=C(\C)CCC=C(C)C)(P(=O)(O)O)P(=O)(O)O. The van der Waals surface area contributed by atoms with Crippen LogP contribution in [0.5, 0.6) is 0 Å². The Morgan fingerprint density at radius 3 is 1.00 bits per heavy atom. The molecule has 0 saturated heterocycles. The molecule has 39 heavy (non-hydrogen) atoms. The second-order valence-corrected chi connectivity index (χ2v) is 15.6. The van der Waals surface area contributed by atoms with Gasteiger partial charge < -0.3 is 19.6 Å². The van der Waals surface area contributed by atoms with Crippen LogP contribution < -0.4 is 0 Å². The molecule has 0 aromatic carbocycles. The normalized spacial score (nSPS) is 14.5. The fourth-order valence-electron chi connectivity index (χ4n) is 4.08. The Labute approximate surface area is 238 Å². The quantitative estimate of drug-likeness (QED) is 0.0942. The molecule has 0 bridgehead atoms. The van der Waals surface area contributed by atoms with Crippen molar-refractivity contribution in [2.75, 3.05) is 0 Å². The van der Waals surface area contributed by atoms with Gasteiger partial charge in [-0.3, -0.25) is 9.13 Å². The highest BCUT2D eigenvalue weighted by Gasteiger charge is 2.58. The van der Waals surface area contributed by atoms with Crippen LogP contribution in [0, 0.1) is 0 Å². The third kappa shape index (κ3) is 15.9. The van der Waals surface area contributed by atoms with Crippen molar-refractivity contribution in [3.63, 3.8) is 0 Å². The second-order valence-electron chi connectivity index (χ2n) is 11.4. The molecular formula is C31H54O6P2. The van der Waals surface area contributed by atoms with Crippen molar-refractivity contribution in [3.8, 4) is 0 Å². The fourth-order valence-corrected chi connectivity index (χ4v) is 6.76. The summed E-state index contributed by atoms with van der Waals surface area (Å²) in [4.78, 5) is 38.2. The molecule has 0 unspecified atom stereocenters. The van der Waals surface area contributed by atoms with Gasteiger partial charge in [-0.1, -0.05) is 69.9 Å². The molecule has 0 radical (unpaired) electrons. The number of hydrogen-bond donors (Lipinski definition) is 4. The van der Waals surface area contributed by atoms with Crippen LogP contribution in [-0.2, 0) is 9.13 Å². The van der Waals surface area contributed by atoms with Gasteiger partial charge in [0.05, 0.1) is 0 Å². The first kappa shape index (κ1) is 37.7. The van der Waals surface area contributed by atoms with E-state index in [-0.39, 0.29) is 12.8 Å². The van der Waals surface area contributed by atoms with Gasteiger partial charge >= 0.3 is 15.2 Å². The molecule has 0 atom stereocenters. The first-order valence-corrected chi connectivity index (χ1v) is 17.1. The molecule has 4 N–H and O–H groups in total. The van der Waals surface area contributed by atoms with Gasteiger partial charge in [0.2, 0.25) is 0 Å². The van der Waals surface area contributed by atoms with E-state index in [0.717, 1.165) is 49.7 Å². The van der Waals surface area contributed by atoms with Crippen molar-refractivity contribution in [2.24, 2.45) is 0 Å². The molecule has 0 fully saturated rings. The minimum absolute atomic E-state index is 0.385. The summed E-state index contributed by atoms with van der Waals surface area (Å²) in [6.07, 6.45) is 17.9. The van der Waals surface area contributed by atoms with E-state index in [1.807, 2.05) is 13.8 Å². The Bertz CT molecular complexity index is 955. The van der Waals surface area contributed by atoms with Gasteiger partial charge in [0.25, 0.3) is 0 Å². The highest BCUT2D eigenvalue weighted by molar-refractivity contribution is 7.72. The van der Waals surface area contributed by atoms with Gasteiger partial charge in [-0.2, -0.15) is 0 Å². The first-order valence-electron chi connectivity index (χ1n) is 13.9. The Hall–Kier alpha value is -1.26. The second kappa shape index (κ2) is 18.2. The van der Waals surface area contributed by atoms with Gasteiger partial charge in [0.15, 0.2) is 4.90 Å². The van der Waals surface area contributed by atoms with E-state index in [4.69, 9.17) is 0 Å². The summed E-state index contributed by atoms with van der Waals surface area (Å²) in [6.45, 7) is 16.1. The smallest absolute Gasteiger partial charge is 0.324 e. The Balaban J connectivity index is 5.45. The van der Waals surface area contributed by atoms with Gasteiger partial charge in [0, 0.05) is 0 Å². The summed E-state index contributed by atoms with van der Waals surface area (Å²) in [6, 6.07) is 0. The number of allylic oxidation sites excluding steroid dienone is 12. The summed E-state index contributed by atoms with van der Waals surface area (Å²) in [5, 5.41) is 0. The molecule has 0 rings (SSSR count). The number of hydrogen-bond acceptors (Lipinski definition) is 2. The summed E-state index contributed by atoms with van der Waals surface area (Å²) >= 11 is 0. The standard InChI is InChI=1S/C31H54O6P2/c1-25(2)13-9-15-27(5)17-11-19-29(7)21-23-31(38(32,33)34,39(35,36)37)24-22-30(8)20-12-18-28(6)16-10-14-26(3)4/h13-14,17-18,21-22H,9-12,15-16,19-20,23-24H2,1-8H3,(H2,32,33,34)(H2,35,36,37)/b27-17+,28-18+,29-21+,30-22+. The molecule has 0 amide bonds. The van der Waals surface area contributed by atoms with Gasteiger partial charge in [0.1, 0.15) is 0 Å². The maximum Gasteiger partial charge on any atom is 0.344 e.